The lowest BCUT2D eigenvalue weighted by Gasteiger charge is -2.44. The SMILES string of the molecule is c1ccc([C@]23CCN(c4ncccn4)C[C@H]2CN(Cc2ccco2)C3)cc1. The minimum Gasteiger partial charge on any atom is -0.468 e. The van der Waals surface area contributed by atoms with Crippen LogP contribution < -0.4 is 4.90 Å². The number of fused-ring (bicyclic) bond motifs is 1. The molecule has 2 saturated heterocycles. The highest BCUT2D eigenvalue weighted by Crippen LogP contribution is 2.46. The first-order chi connectivity index (χ1) is 13.3. The third kappa shape index (κ3) is 3.02. The zero-order chi connectivity index (χ0) is 18.1. The van der Waals surface area contributed by atoms with Gasteiger partial charge in [0, 0.05) is 49.9 Å². The molecular weight excluding hydrogens is 336 g/mol. The van der Waals surface area contributed by atoms with Gasteiger partial charge in [-0.25, -0.2) is 9.97 Å². The predicted molar refractivity (Wildman–Crippen MR) is 104 cm³/mol. The Labute approximate surface area is 159 Å². The van der Waals surface area contributed by atoms with Gasteiger partial charge in [0.2, 0.25) is 5.95 Å². The van der Waals surface area contributed by atoms with Crippen molar-refractivity contribution in [1.82, 2.24) is 14.9 Å². The summed E-state index contributed by atoms with van der Waals surface area (Å²) in [4.78, 5) is 13.9. The molecule has 138 valence electrons. The summed E-state index contributed by atoms with van der Waals surface area (Å²) in [5.41, 5.74) is 1.66. The fourth-order valence-corrected chi connectivity index (χ4v) is 4.91. The molecule has 2 atom stereocenters. The zero-order valence-electron chi connectivity index (χ0n) is 15.4. The van der Waals surface area contributed by atoms with Crippen LogP contribution in [-0.4, -0.2) is 41.0 Å². The van der Waals surface area contributed by atoms with Crippen LogP contribution in [0.5, 0.6) is 0 Å². The highest BCUT2D eigenvalue weighted by molar-refractivity contribution is 5.37. The molecule has 5 nitrogen and oxygen atoms in total. The molecule has 1 aromatic carbocycles. The monoisotopic (exact) mass is 360 g/mol. The van der Waals surface area contributed by atoms with Crippen LogP contribution >= 0.6 is 0 Å². The lowest BCUT2D eigenvalue weighted by Crippen LogP contribution is -2.50. The molecule has 2 aliphatic heterocycles. The van der Waals surface area contributed by atoms with E-state index in [-0.39, 0.29) is 5.41 Å². The van der Waals surface area contributed by atoms with Gasteiger partial charge in [-0.1, -0.05) is 30.3 Å². The smallest absolute Gasteiger partial charge is 0.225 e. The Kier molecular flexibility index (Phi) is 4.17. The van der Waals surface area contributed by atoms with Crippen LogP contribution in [0.2, 0.25) is 0 Å². The predicted octanol–water partition coefficient (Wildman–Crippen LogP) is 3.35. The number of aromatic nitrogens is 2. The summed E-state index contributed by atoms with van der Waals surface area (Å²) in [5, 5.41) is 0. The summed E-state index contributed by atoms with van der Waals surface area (Å²) in [6.45, 7) is 5.00. The van der Waals surface area contributed by atoms with Crippen LogP contribution in [0.4, 0.5) is 5.95 Å². The second-order valence-electron chi connectivity index (χ2n) is 7.71. The summed E-state index contributed by atoms with van der Waals surface area (Å²) < 4.78 is 5.61. The largest absolute Gasteiger partial charge is 0.468 e. The van der Waals surface area contributed by atoms with E-state index in [1.54, 1.807) is 6.26 Å². The Hall–Kier alpha value is -2.66. The maximum Gasteiger partial charge on any atom is 0.225 e. The molecule has 3 aromatic rings. The van der Waals surface area contributed by atoms with Gasteiger partial charge in [0.1, 0.15) is 5.76 Å². The second kappa shape index (κ2) is 6.82. The Morgan fingerprint density at radius 1 is 1.00 bits per heavy atom. The molecule has 0 N–H and O–H groups in total. The third-order valence-electron chi connectivity index (χ3n) is 6.18. The molecule has 5 rings (SSSR count). The van der Waals surface area contributed by atoms with Gasteiger partial charge in [0.15, 0.2) is 0 Å². The van der Waals surface area contributed by atoms with E-state index in [0.717, 1.165) is 50.9 Å². The maximum absolute atomic E-state index is 5.61. The molecule has 0 spiro atoms. The van der Waals surface area contributed by atoms with Crippen LogP contribution in [-0.2, 0) is 12.0 Å². The van der Waals surface area contributed by atoms with Crippen LogP contribution in [0.1, 0.15) is 17.7 Å². The number of hydrogen-bond donors (Lipinski definition) is 0. The lowest BCUT2D eigenvalue weighted by atomic mass is 9.68. The van der Waals surface area contributed by atoms with Gasteiger partial charge in [-0.15, -0.1) is 0 Å². The van der Waals surface area contributed by atoms with Crippen molar-refractivity contribution in [3.63, 3.8) is 0 Å². The Balaban J connectivity index is 1.44. The molecule has 2 aromatic heterocycles. The summed E-state index contributed by atoms with van der Waals surface area (Å²) in [6.07, 6.45) is 6.55. The average molecular weight is 360 g/mol. The summed E-state index contributed by atoms with van der Waals surface area (Å²) in [5.74, 6) is 2.44. The van der Waals surface area contributed by atoms with E-state index < -0.39 is 0 Å². The minimum atomic E-state index is 0.194. The topological polar surface area (TPSA) is 45.4 Å². The van der Waals surface area contributed by atoms with Gasteiger partial charge in [0.25, 0.3) is 0 Å². The van der Waals surface area contributed by atoms with E-state index >= 15 is 0 Å². The van der Waals surface area contributed by atoms with E-state index in [1.807, 2.05) is 24.5 Å². The second-order valence-corrected chi connectivity index (χ2v) is 7.71. The molecule has 5 heteroatoms. The van der Waals surface area contributed by atoms with Crippen molar-refractivity contribution in [1.29, 1.82) is 0 Å². The molecule has 0 radical (unpaired) electrons. The first-order valence-corrected chi connectivity index (χ1v) is 9.66. The summed E-state index contributed by atoms with van der Waals surface area (Å²) in [7, 11) is 0. The highest BCUT2D eigenvalue weighted by atomic mass is 16.3. The van der Waals surface area contributed by atoms with Crippen molar-refractivity contribution >= 4 is 5.95 Å². The quantitative estimate of drug-likeness (QED) is 0.714. The molecule has 0 amide bonds. The molecule has 0 aliphatic carbocycles. The normalized spacial score (nSPS) is 25.5. The molecule has 2 aliphatic rings. The number of anilines is 1. The van der Waals surface area contributed by atoms with Crippen molar-refractivity contribution < 1.29 is 4.42 Å². The van der Waals surface area contributed by atoms with Crippen molar-refractivity contribution in [2.24, 2.45) is 5.92 Å². The molecule has 4 heterocycles. The van der Waals surface area contributed by atoms with Crippen molar-refractivity contribution in [3.8, 4) is 0 Å². The Morgan fingerprint density at radius 2 is 1.85 bits per heavy atom. The van der Waals surface area contributed by atoms with Crippen molar-refractivity contribution in [2.45, 2.75) is 18.4 Å². The van der Waals surface area contributed by atoms with Crippen LogP contribution in [0.25, 0.3) is 0 Å². The molecular formula is C22H24N4O. The number of rotatable bonds is 4. The van der Waals surface area contributed by atoms with Crippen molar-refractivity contribution in [2.75, 3.05) is 31.1 Å². The van der Waals surface area contributed by atoms with Gasteiger partial charge >= 0.3 is 0 Å². The molecule has 27 heavy (non-hydrogen) atoms. The maximum atomic E-state index is 5.61. The minimum absolute atomic E-state index is 0.194. The number of nitrogens with zero attached hydrogens (tertiary/aromatic N) is 4. The van der Waals surface area contributed by atoms with Gasteiger partial charge < -0.3 is 9.32 Å². The van der Waals surface area contributed by atoms with Gasteiger partial charge in [-0.2, -0.15) is 0 Å². The zero-order valence-corrected chi connectivity index (χ0v) is 15.4. The number of likely N-dealkylation sites (tertiary alicyclic amines) is 1. The van der Waals surface area contributed by atoms with Gasteiger partial charge in [-0.05, 0) is 30.2 Å². The number of piperidine rings is 1. The fraction of sp³-hybridized carbons (Fsp3) is 0.364. The molecule has 0 bridgehead atoms. The van der Waals surface area contributed by atoms with Crippen LogP contribution in [0.15, 0.2) is 71.6 Å². The van der Waals surface area contributed by atoms with Crippen LogP contribution in [0.3, 0.4) is 0 Å². The van der Waals surface area contributed by atoms with E-state index in [9.17, 15) is 0 Å². The van der Waals surface area contributed by atoms with Gasteiger partial charge in [-0.3, -0.25) is 4.90 Å². The van der Waals surface area contributed by atoms with E-state index in [2.05, 4.69) is 56.2 Å². The Bertz CT molecular complexity index is 868. The van der Waals surface area contributed by atoms with Crippen molar-refractivity contribution in [3.05, 3.63) is 78.5 Å². The van der Waals surface area contributed by atoms with Crippen LogP contribution in [0, 0.1) is 5.92 Å². The highest BCUT2D eigenvalue weighted by Gasteiger charge is 2.50. The summed E-state index contributed by atoms with van der Waals surface area (Å²) in [6, 6.07) is 17.0. The molecule has 0 unspecified atom stereocenters. The van der Waals surface area contributed by atoms with E-state index in [4.69, 9.17) is 4.42 Å². The van der Waals surface area contributed by atoms with E-state index in [0.29, 0.717) is 5.92 Å². The first kappa shape index (κ1) is 16.5. The average Bonchev–Trinajstić information content (AvgIpc) is 3.37. The lowest BCUT2D eigenvalue weighted by molar-refractivity contribution is 0.264. The molecule has 2 fully saturated rings. The molecule has 0 saturated carbocycles. The third-order valence-corrected chi connectivity index (χ3v) is 6.18. The number of hydrogen-bond acceptors (Lipinski definition) is 5. The summed E-state index contributed by atoms with van der Waals surface area (Å²) >= 11 is 0. The fourth-order valence-electron chi connectivity index (χ4n) is 4.91. The van der Waals surface area contributed by atoms with Gasteiger partial charge in [0.05, 0.1) is 12.8 Å². The number of furan rings is 1. The first-order valence-electron chi connectivity index (χ1n) is 9.66. The van der Waals surface area contributed by atoms with E-state index in [1.165, 1.54) is 5.56 Å². The Morgan fingerprint density at radius 3 is 2.63 bits per heavy atom. The standard InChI is InChI=1S/C22H24N4O/c1-2-6-18(7-3-1)22-9-12-26(21-23-10-5-11-24-21)15-19(22)14-25(17-22)16-20-8-4-13-27-20/h1-8,10-11,13,19H,9,12,14-17H2/t19-,22-/m1/s1. The number of benzene rings is 1.